The second-order valence-corrected chi connectivity index (χ2v) is 8.01. The molecule has 0 amide bonds. The highest BCUT2D eigenvalue weighted by Crippen LogP contribution is 2.25. The molecule has 3 rings (SSSR count). The molecule has 0 N–H and O–H groups in total. The summed E-state index contributed by atoms with van der Waals surface area (Å²) in [5.74, 6) is 0.364. The Balaban J connectivity index is 1.60. The lowest BCUT2D eigenvalue weighted by Crippen LogP contribution is -2.43. The highest BCUT2D eigenvalue weighted by Gasteiger charge is 2.22. The average molecular weight is 469 g/mol. The molecule has 0 bridgehead atoms. The molecule has 1 aliphatic heterocycles. The van der Waals surface area contributed by atoms with Crippen LogP contribution >= 0.6 is 27.9 Å². The van der Waals surface area contributed by atoms with Crippen LogP contribution in [0.1, 0.15) is 23.1 Å². The van der Waals surface area contributed by atoms with Crippen molar-refractivity contribution in [1.82, 2.24) is 14.1 Å². The Labute approximate surface area is 178 Å². The molecule has 9 heteroatoms. The van der Waals surface area contributed by atoms with Crippen LogP contribution in [-0.4, -0.2) is 59.1 Å². The van der Waals surface area contributed by atoms with E-state index in [4.69, 9.17) is 9.47 Å². The van der Waals surface area contributed by atoms with Crippen LogP contribution in [0.25, 0.3) is 0 Å². The van der Waals surface area contributed by atoms with Gasteiger partial charge in [0.2, 0.25) is 0 Å². The lowest BCUT2D eigenvalue weighted by Gasteiger charge is -2.34. The minimum atomic E-state index is -0.401. The van der Waals surface area contributed by atoms with E-state index in [1.165, 1.54) is 10.4 Å². The lowest BCUT2D eigenvalue weighted by molar-refractivity contribution is 0.0512. The molecular formula is C19H25BrN4O3S. The Morgan fingerprint density at radius 3 is 2.50 bits per heavy atom. The SMILES string of the molecule is CCOC(=O)c1c(Br)c(COc2ccc(N3CCN(SC)CC3)cc2)nn1C. The summed E-state index contributed by atoms with van der Waals surface area (Å²) in [5.41, 5.74) is 2.25. The fourth-order valence-electron chi connectivity index (χ4n) is 3.10. The fraction of sp³-hybridized carbons (Fsp3) is 0.474. The Hall–Kier alpha value is -1.71. The molecule has 2 heterocycles. The summed E-state index contributed by atoms with van der Waals surface area (Å²) in [6.45, 7) is 6.54. The number of hydrogen-bond donors (Lipinski definition) is 0. The van der Waals surface area contributed by atoms with Gasteiger partial charge in [0.25, 0.3) is 0 Å². The smallest absolute Gasteiger partial charge is 0.357 e. The highest BCUT2D eigenvalue weighted by molar-refractivity contribution is 9.10. The quantitative estimate of drug-likeness (QED) is 0.456. The van der Waals surface area contributed by atoms with Gasteiger partial charge in [-0.3, -0.25) is 4.68 Å². The zero-order valence-corrected chi connectivity index (χ0v) is 18.8. The second-order valence-electron chi connectivity index (χ2n) is 6.33. The fourth-order valence-corrected chi connectivity index (χ4v) is 4.24. The number of aryl methyl sites for hydroxylation is 1. The molecule has 28 heavy (non-hydrogen) atoms. The minimum Gasteiger partial charge on any atom is -0.487 e. The first kappa shape index (κ1) is 21.0. The maximum absolute atomic E-state index is 12.0. The maximum Gasteiger partial charge on any atom is 0.357 e. The molecule has 1 aromatic heterocycles. The van der Waals surface area contributed by atoms with Gasteiger partial charge in [0.1, 0.15) is 18.1 Å². The van der Waals surface area contributed by atoms with Crippen molar-refractivity contribution in [2.24, 2.45) is 7.05 Å². The summed E-state index contributed by atoms with van der Waals surface area (Å²) in [6.07, 6.45) is 2.12. The number of piperazine rings is 1. The molecule has 0 radical (unpaired) electrons. The van der Waals surface area contributed by atoms with Crippen molar-refractivity contribution in [3.63, 3.8) is 0 Å². The number of rotatable bonds is 7. The Kier molecular flexibility index (Phi) is 7.25. The molecule has 0 aliphatic carbocycles. The third-order valence-corrected chi connectivity index (χ3v) is 6.31. The predicted octanol–water partition coefficient (Wildman–Crippen LogP) is 3.34. The predicted molar refractivity (Wildman–Crippen MR) is 115 cm³/mol. The van der Waals surface area contributed by atoms with Gasteiger partial charge >= 0.3 is 5.97 Å². The van der Waals surface area contributed by atoms with Crippen LogP contribution in [0.4, 0.5) is 5.69 Å². The van der Waals surface area contributed by atoms with E-state index in [0.29, 0.717) is 22.5 Å². The number of carbonyl (C=O) groups is 1. The molecular weight excluding hydrogens is 444 g/mol. The van der Waals surface area contributed by atoms with E-state index in [2.05, 4.69) is 48.6 Å². The van der Waals surface area contributed by atoms with Crippen LogP contribution in [-0.2, 0) is 18.4 Å². The van der Waals surface area contributed by atoms with Gasteiger partial charge in [0.05, 0.1) is 11.1 Å². The van der Waals surface area contributed by atoms with Crippen LogP contribution in [0, 0.1) is 0 Å². The summed E-state index contributed by atoms with van der Waals surface area (Å²) < 4.78 is 15.4. The van der Waals surface area contributed by atoms with Crippen LogP contribution in [0.2, 0.25) is 0 Å². The number of ether oxygens (including phenoxy) is 2. The largest absolute Gasteiger partial charge is 0.487 e. The van der Waals surface area contributed by atoms with E-state index in [-0.39, 0.29) is 6.61 Å². The van der Waals surface area contributed by atoms with Crippen LogP contribution in [0.5, 0.6) is 5.75 Å². The topological polar surface area (TPSA) is 59.8 Å². The van der Waals surface area contributed by atoms with Gasteiger partial charge in [0.15, 0.2) is 5.69 Å². The van der Waals surface area contributed by atoms with Crippen molar-refractivity contribution in [3.05, 3.63) is 40.1 Å². The zero-order chi connectivity index (χ0) is 20.1. The first-order valence-corrected chi connectivity index (χ1v) is 11.2. The van der Waals surface area contributed by atoms with Gasteiger partial charge in [-0.05, 0) is 53.4 Å². The van der Waals surface area contributed by atoms with E-state index in [0.717, 1.165) is 31.9 Å². The molecule has 1 saturated heterocycles. The molecule has 0 atom stereocenters. The summed E-state index contributed by atoms with van der Waals surface area (Å²) in [4.78, 5) is 14.4. The van der Waals surface area contributed by atoms with Crippen LogP contribution < -0.4 is 9.64 Å². The Bertz CT molecular complexity index is 804. The normalized spacial score (nSPS) is 14.9. The van der Waals surface area contributed by atoms with Gasteiger partial charge in [-0.25, -0.2) is 9.10 Å². The Morgan fingerprint density at radius 2 is 1.89 bits per heavy atom. The number of aromatic nitrogens is 2. The number of halogens is 1. The minimum absolute atomic E-state index is 0.263. The van der Waals surface area contributed by atoms with Gasteiger partial charge in [-0.1, -0.05) is 11.9 Å². The lowest BCUT2D eigenvalue weighted by atomic mass is 10.2. The molecule has 0 spiro atoms. The van der Waals surface area contributed by atoms with Crippen molar-refractivity contribution in [1.29, 1.82) is 0 Å². The van der Waals surface area contributed by atoms with Crippen molar-refractivity contribution >= 4 is 39.5 Å². The van der Waals surface area contributed by atoms with Crippen LogP contribution in [0.3, 0.4) is 0 Å². The van der Waals surface area contributed by atoms with Gasteiger partial charge in [0, 0.05) is 38.9 Å². The second kappa shape index (κ2) is 9.67. The molecule has 0 unspecified atom stereocenters. The summed E-state index contributed by atoms with van der Waals surface area (Å²) in [7, 11) is 1.71. The summed E-state index contributed by atoms with van der Waals surface area (Å²) in [5, 5.41) is 4.36. The molecule has 152 valence electrons. The first-order valence-electron chi connectivity index (χ1n) is 9.18. The van der Waals surface area contributed by atoms with Crippen molar-refractivity contribution in [2.45, 2.75) is 13.5 Å². The van der Waals surface area contributed by atoms with Crippen molar-refractivity contribution in [3.8, 4) is 5.75 Å². The average Bonchev–Trinajstić information content (AvgIpc) is 3.00. The van der Waals surface area contributed by atoms with Crippen molar-refractivity contribution in [2.75, 3.05) is 43.9 Å². The van der Waals surface area contributed by atoms with E-state index in [9.17, 15) is 4.79 Å². The van der Waals surface area contributed by atoms with Crippen LogP contribution in [0.15, 0.2) is 28.7 Å². The van der Waals surface area contributed by atoms with E-state index >= 15 is 0 Å². The number of hydrogen-bond acceptors (Lipinski definition) is 7. The summed E-state index contributed by atoms with van der Waals surface area (Å²) in [6, 6.07) is 8.11. The molecule has 0 saturated carbocycles. The van der Waals surface area contributed by atoms with Gasteiger partial charge in [-0.15, -0.1) is 0 Å². The molecule has 2 aromatic rings. The van der Waals surface area contributed by atoms with E-state index in [1.54, 1.807) is 25.9 Å². The maximum atomic E-state index is 12.0. The first-order chi connectivity index (χ1) is 13.5. The van der Waals surface area contributed by atoms with Crippen molar-refractivity contribution < 1.29 is 14.3 Å². The number of carbonyl (C=O) groups excluding carboxylic acids is 1. The number of anilines is 1. The molecule has 1 fully saturated rings. The van der Waals surface area contributed by atoms with E-state index < -0.39 is 5.97 Å². The molecule has 7 nitrogen and oxygen atoms in total. The molecule has 1 aromatic carbocycles. The number of nitrogens with zero attached hydrogens (tertiary/aromatic N) is 4. The highest BCUT2D eigenvalue weighted by atomic mass is 79.9. The Morgan fingerprint density at radius 1 is 1.21 bits per heavy atom. The third kappa shape index (κ3) is 4.82. The standard InChI is InChI=1S/C19H25BrN4O3S/c1-4-26-19(25)18-17(20)16(21-22(18)2)13-27-15-7-5-14(6-8-15)23-9-11-24(28-3)12-10-23/h5-8H,4,9-13H2,1-3H3. The monoisotopic (exact) mass is 468 g/mol. The zero-order valence-electron chi connectivity index (χ0n) is 16.4. The van der Waals surface area contributed by atoms with Gasteiger partial charge in [-0.2, -0.15) is 5.10 Å². The number of esters is 1. The molecule has 1 aliphatic rings. The number of benzene rings is 1. The van der Waals surface area contributed by atoms with Gasteiger partial charge < -0.3 is 14.4 Å². The summed E-state index contributed by atoms with van der Waals surface area (Å²) >= 11 is 5.25. The third-order valence-electron chi connectivity index (χ3n) is 4.60. The van der Waals surface area contributed by atoms with E-state index in [1.807, 2.05) is 12.1 Å².